The normalized spacial score (nSPS) is 11.4. The van der Waals surface area contributed by atoms with Crippen LogP contribution < -0.4 is 10.6 Å². The minimum atomic E-state index is -1.24. The first-order valence-electron chi connectivity index (χ1n) is 8.75. The van der Waals surface area contributed by atoms with Gasteiger partial charge in [0, 0.05) is 11.8 Å². The molecular formula is C21H16F2N2O5. The quantitative estimate of drug-likeness (QED) is 0.595. The standard InChI is InChI=1S/C21H16F2N2O5/c1-12(19(26)25-17-9-6-14(22)11-16(17)23)30-21(28)13-4-7-15(8-5-13)24-20(27)18-3-2-10-29-18/h2-12H,1H3,(H,24,27)(H,25,26)/t12-/m1/s1. The Bertz CT molecular complexity index is 1070. The van der Waals surface area contributed by atoms with E-state index in [1.807, 2.05) is 0 Å². The highest BCUT2D eigenvalue weighted by molar-refractivity contribution is 6.02. The van der Waals surface area contributed by atoms with Crippen molar-refractivity contribution >= 4 is 29.2 Å². The highest BCUT2D eigenvalue weighted by Crippen LogP contribution is 2.16. The monoisotopic (exact) mass is 414 g/mol. The summed E-state index contributed by atoms with van der Waals surface area (Å²) in [7, 11) is 0. The molecule has 2 amide bonds. The van der Waals surface area contributed by atoms with Crippen LogP contribution in [0.15, 0.2) is 65.3 Å². The van der Waals surface area contributed by atoms with Gasteiger partial charge in [-0.25, -0.2) is 13.6 Å². The maximum atomic E-state index is 13.6. The fourth-order valence-electron chi connectivity index (χ4n) is 2.40. The molecule has 0 saturated heterocycles. The van der Waals surface area contributed by atoms with Crippen LogP contribution in [0, 0.1) is 11.6 Å². The van der Waals surface area contributed by atoms with Crippen molar-refractivity contribution in [2.75, 3.05) is 10.6 Å². The molecule has 9 heteroatoms. The fraction of sp³-hybridized carbons (Fsp3) is 0.0952. The molecule has 3 rings (SSSR count). The van der Waals surface area contributed by atoms with Gasteiger partial charge in [0.2, 0.25) is 0 Å². The number of hydrogen-bond donors (Lipinski definition) is 2. The molecule has 0 bridgehead atoms. The van der Waals surface area contributed by atoms with Crippen molar-refractivity contribution < 1.29 is 32.3 Å². The largest absolute Gasteiger partial charge is 0.459 e. The summed E-state index contributed by atoms with van der Waals surface area (Å²) in [6.07, 6.45) is 0.135. The van der Waals surface area contributed by atoms with Crippen molar-refractivity contribution in [3.8, 4) is 0 Å². The van der Waals surface area contributed by atoms with E-state index < -0.39 is 35.5 Å². The molecule has 1 atom stereocenters. The molecule has 1 aromatic heterocycles. The second-order valence-corrected chi connectivity index (χ2v) is 6.17. The van der Waals surface area contributed by atoms with Crippen LogP contribution in [0.4, 0.5) is 20.2 Å². The predicted octanol–water partition coefficient (Wildman–Crippen LogP) is 3.99. The molecule has 2 N–H and O–H groups in total. The number of esters is 1. The first kappa shape index (κ1) is 20.7. The molecule has 0 saturated carbocycles. The maximum Gasteiger partial charge on any atom is 0.338 e. The molecular weight excluding hydrogens is 398 g/mol. The van der Waals surface area contributed by atoms with E-state index in [-0.39, 0.29) is 17.0 Å². The van der Waals surface area contributed by atoms with Gasteiger partial charge in [0.05, 0.1) is 17.5 Å². The van der Waals surface area contributed by atoms with Crippen molar-refractivity contribution in [2.24, 2.45) is 0 Å². The lowest BCUT2D eigenvalue weighted by atomic mass is 10.2. The number of hydrogen-bond acceptors (Lipinski definition) is 5. The zero-order valence-corrected chi connectivity index (χ0v) is 15.6. The Labute approximate surface area is 169 Å². The summed E-state index contributed by atoms with van der Waals surface area (Å²) < 4.78 is 36.6. The van der Waals surface area contributed by atoms with Crippen molar-refractivity contribution in [1.29, 1.82) is 0 Å². The summed E-state index contributed by atoms with van der Waals surface area (Å²) in [4.78, 5) is 36.2. The Morgan fingerprint density at radius 1 is 1.00 bits per heavy atom. The van der Waals surface area contributed by atoms with Gasteiger partial charge in [0.1, 0.15) is 11.6 Å². The van der Waals surface area contributed by atoms with E-state index in [2.05, 4.69) is 10.6 Å². The van der Waals surface area contributed by atoms with Gasteiger partial charge < -0.3 is 19.8 Å². The van der Waals surface area contributed by atoms with Gasteiger partial charge in [-0.05, 0) is 55.5 Å². The van der Waals surface area contributed by atoms with E-state index in [1.54, 1.807) is 6.07 Å². The third-order valence-corrected chi connectivity index (χ3v) is 3.97. The Hall–Kier alpha value is -4.01. The molecule has 0 fully saturated rings. The van der Waals surface area contributed by atoms with Crippen molar-refractivity contribution in [3.63, 3.8) is 0 Å². The Morgan fingerprint density at radius 2 is 1.73 bits per heavy atom. The van der Waals surface area contributed by atoms with Gasteiger partial charge in [-0.15, -0.1) is 0 Å². The molecule has 0 aliphatic carbocycles. The SMILES string of the molecule is C[C@@H](OC(=O)c1ccc(NC(=O)c2ccco2)cc1)C(=O)Nc1ccc(F)cc1F. The molecule has 7 nitrogen and oxygen atoms in total. The number of benzene rings is 2. The minimum absolute atomic E-state index is 0.135. The van der Waals surface area contributed by atoms with Crippen molar-refractivity contribution in [3.05, 3.63) is 83.8 Å². The lowest BCUT2D eigenvalue weighted by molar-refractivity contribution is -0.123. The van der Waals surface area contributed by atoms with Crippen LogP contribution in [0.3, 0.4) is 0 Å². The number of furan rings is 1. The first-order valence-corrected chi connectivity index (χ1v) is 8.75. The molecule has 0 aliphatic rings. The summed E-state index contributed by atoms with van der Waals surface area (Å²) in [6.45, 7) is 1.31. The van der Waals surface area contributed by atoms with E-state index >= 15 is 0 Å². The zero-order chi connectivity index (χ0) is 21.7. The predicted molar refractivity (Wildman–Crippen MR) is 103 cm³/mol. The van der Waals surface area contributed by atoms with Crippen molar-refractivity contribution in [1.82, 2.24) is 0 Å². The molecule has 154 valence electrons. The summed E-state index contributed by atoms with van der Waals surface area (Å²) in [5.74, 6) is -3.62. The van der Waals surface area contributed by atoms with Gasteiger partial charge in [-0.1, -0.05) is 0 Å². The van der Waals surface area contributed by atoms with Gasteiger partial charge >= 0.3 is 5.97 Å². The molecule has 2 aromatic carbocycles. The summed E-state index contributed by atoms with van der Waals surface area (Å²) in [5, 5.41) is 4.82. The molecule has 0 aliphatic heterocycles. The van der Waals surface area contributed by atoms with E-state index in [0.717, 1.165) is 12.1 Å². The lowest BCUT2D eigenvalue weighted by Gasteiger charge is -2.14. The highest BCUT2D eigenvalue weighted by atomic mass is 19.1. The zero-order valence-electron chi connectivity index (χ0n) is 15.6. The van der Waals surface area contributed by atoms with E-state index in [0.29, 0.717) is 11.8 Å². The number of anilines is 2. The highest BCUT2D eigenvalue weighted by Gasteiger charge is 2.20. The Kier molecular flexibility index (Phi) is 6.21. The molecule has 30 heavy (non-hydrogen) atoms. The smallest absolute Gasteiger partial charge is 0.338 e. The second-order valence-electron chi connectivity index (χ2n) is 6.17. The number of nitrogens with one attached hydrogen (secondary N) is 2. The van der Waals surface area contributed by atoms with Crippen LogP contribution in [0.5, 0.6) is 0 Å². The van der Waals surface area contributed by atoms with Crippen LogP contribution >= 0.6 is 0 Å². The summed E-state index contributed by atoms with van der Waals surface area (Å²) in [5.41, 5.74) is 0.324. The van der Waals surface area contributed by atoms with Crippen LogP contribution in [-0.2, 0) is 9.53 Å². The second kappa shape index (κ2) is 8.99. The lowest BCUT2D eigenvalue weighted by Crippen LogP contribution is -2.30. The Balaban J connectivity index is 1.56. The summed E-state index contributed by atoms with van der Waals surface area (Å²) >= 11 is 0. The Morgan fingerprint density at radius 3 is 2.37 bits per heavy atom. The van der Waals surface area contributed by atoms with Crippen LogP contribution in [0.1, 0.15) is 27.8 Å². The maximum absolute atomic E-state index is 13.6. The topological polar surface area (TPSA) is 97.6 Å². The number of halogens is 2. The molecule has 0 spiro atoms. The third kappa shape index (κ3) is 5.07. The first-order chi connectivity index (χ1) is 14.3. The molecule has 0 radical (unpaired) electrons. The van der Waals surface area contributed by atoms with E-state index in [9.17, 15) is 23.2 Å². The van der Waals surface area contributed by atoms with Crippen LogP contribution in [0.25, 0.3) is 0 Å². The van der Waals surface area contributed by atoms with Crippen LogP contribution in [-0.4, -0.2) is 23.9 Å². The minimum Gasteiger partial charge on any atom is -0.459 e. The third-order valence-electron chi connectivity index (χ3n) is 3.97. The van der Waals surface area contributed by atoms with Gasteiger partial charge in [0.25, 0.3) is 11.8 Å². The van der Waals surface area contributed by atoms with Gasteiger partial charge in [-0.3, -0.25) is 9.59 Å². The molecule has 0 unspecified atom stereocenters. The van der Waals surface area contributed by atoms with Gasteiger partial charge in [-0.2, -0.15) is 0 Å². The van der Waals surface area contributed by atoms with E-state index in [1.165, 1.54) is 43.5 Å². The number of carbonyl (C=O) groups excluding carboxylic acids is 3. The van der Waals surface area contributed by atoms with Crippen LogP contribution in [0.2, 0.25) is 0 Å². The molecule has 3 aromatic rings. The number of amides is 2. The molecule has 1 heterocycles. The van der Waals surface area contributed by atoms with E-state index in [4.69, 9.17) is 9.15 Å². The van der Waals surface area contributed by atoms with Crippen molar-refractivity contribution in [2.45, 2.75) is 13.0 Å². The summed E-state index contributed by atoms with van der Waals surface area (Å²) in [6, 6.07) is 11.5. The fourth-order valence-corrected chi connectivity index (χ4v) is 2.40. The van der Waals surface area contributed by atoms with Gasteiger partial charge in [0.15, 0.2) is 11.9 Å². The average molecular weight is 414 g/mol. The average Bonchev–Trinajstić information content (AvgIpc) is 3.25. The number of carbonyl (C=O) groups is 3. The number of ether oxygens (including phenoxy) is 1. The number of rotatable bonds is 6.